The van der Waals surface area contributed by atoms with Crippen LogP contribution in [0.1, 0.15) is 70.8 Å². The van der Waals surface area contributed by atoms with Crippen LogP contribution in [0.25, 0.3) is 0 Å². The Kier molecular flexibility index (Phi) is 6.50. The monoisotopic (exact) mass is 323 g/mol. The van der Waals surface area contributed by atoms with Crippen LogP contribution < -0.4 is 10.6 Å². The molecule has 0 aromatic heterocycles. The highest BCUT2D eigenvalue weighted by atomic mass is 16.4. The van der Waals surface area contributed by atoms with Crippen molar-refractivity contribution >= 4 is 17.8 Å². The molecule has 130 valence electrons. The molecule has 2 atom stereocenters. The van der Waals surface area contributed by atoms with Crippen LogP contribution in [0.15, 0.2) is 0 Å². The largest absolute Gasteiger partial charge is 0.480 e. The van der Waals surface area contributed by atoms with Gasteiger partial charge in [-0.15, -0.1) is 0 Å². The normalized spacial score (nSPS) is 22.3. The minimum atomic E-state index is -2.66. The summed E-state index contributed by atoms with van der Waals surface area (Å²) in [4.78, 5) is 32.4. The number of hydrogen-bond donors (Lipinski definition) is 3. The molecule has 6 heteroatoms. The van der Waals surface area contributed by atoms with Crippen molar-refractivity contribution in [1.29, 1.82) is 0 Å². The molecule has 0 fully saturated rings. The minimum absolute atomic E-state index is 0.476. The zero-order chi connectivity index (χ0) is 24.2. The van der Waals surface area contributed by atoms with Crippen molar-refractivity contribution in [3.8, 4) is 0 Å². The van der Waals surface area contributed by atoms with Gasteiger partial charge < -0.3 is 15.7 Å². The molecule has 0 spiro atoms. The Bertz CT molecular complexity index is 619. The molecular formula is C16H32N2O4. The summed E-state index contributed by atoms with van der Waals surface area (Å²) in [6.45, 7) is 9.18. The highest BCUT2D eigenvalue weighted by molar-refractivity contribution is 5.82. The molecule has 22 heavy (non-hydrogen) atoms. The maximum atomic E-state index is 10.9. The van der Waals surface area contributed by atoms with Gasteiger partial charge in [-0.1, -0.05) is 27.7 Å². The lowest BCUT2D eigenvalue weighted by atomic mass is 10.0. The topological polar surface area (TPSA) is 95.5 Å². The molecule has 0 aliphatic heterocycles. The van der Waals surface area contributed by atoms with E-state index in [-0.39, 0.29) is 0 Å². The molecule has 0 aliphatic rings. The molecule has 0 unspecified atom stereocenters. The maximum Gasteiger partial charge on any atom is 0.326 e. The fourth-order valence-electron chi connectivity index (χ4n) is 1.29. The molecular weight excluding hydrogens is 284 g/mol. The van der Waals surface area contributed by atoms with Gasteiger partial charge in [-0.25, -0.2) is 4.79 Å². The summed E-state index contributed by atoms with van der Waals surface area (Å²) in [5.74, 6) is -5.10. The van der Waals surface area contributed by atoms with Gasteiger partial charge in [0, 0.05) is 26.7 Å². The van der Waals surface area contributed by atoms with Crippen molar-refractivity contribution in [3.63, 3.8) is 0 Å². The summed E-state index contributed by atoms with van der Waals surface area (Å²) < 4.78 is 53.2. The van der Waals surface area contributed by atoms with Gasteiger partial charge in [0.2, 0.25) is 11.8 Å². The van der Waals surface area contributed by atoms with Crippen molar-refractivity contribution in [2.24, 2.45) is 11.8 Å². The van der Waals surface area contributed by atoms with Gasteiger partial charge in [-0.2, -0.15) is 0 Å². The number of amides is 2. The van der Waals surface area contributed by atoms with E-state index in [0.717, 1.165) is 6.92 Å². The molecule has 0 aromatic carbocycles. The van der Waals surface area contributed by atoms with Gasteiger partial charge in [-0.3, -0.25) is 9.59 Å². The van der Waals surface area contributed by atoms with Gasteiger partial charge >= 0.3 is 5.97 Å². The molecule has 0 heterocycles. The summed E-state index contributed by atoms with van der Waals surface area (Å²) in [7, 11) is 0. The minimum Gasteiger partial charge on any atom is -0.480 e. The Morgan fingerprint density at radius 2 is 1.45 bits per heavy atom. The summed E-state index contributed by atoms with van der Waals surface area (Å²) in [5.41, 5.74) is 0. The third-order valence-corrected chi connectivity index (χ3v) is 1.75. The fourth-order valence-corrected chi connectivity index (χ4v) is 1.29. The van der Waals surface area contributed by atoms with Crippen molar-refractivity contribution < 1.29 is 29.1 Å². The summed E-state index contributed by atoms with van der Waals surface area (Å²) in [5, 5.41) is 12.9. The van der Waals surface area contributed by atoms with E-state index in [1.807, 2.05) is 5.32 Å². The number of nitrogens with one attached hydrogen (secondary N) is 2. The van der Waals surface area contributed by atoms with E-state index in [2.05, 4.69) is 5.32 Å². The van der Waals surface area contributed by atoms with E-state index < -0.39 is 54.4 Å². The Morgan fingerprint density at radius 3 is 1.73 bits per heavy atom. The molecule has 2 amide bonds. The lowest BCUT2D eigenvalue weighted by Gasteiger charge is -2.14. The van der Waals surface area contributed by atoms with Crippen LogP contribution in [0.3, 0.4) is 0 Å². The van der Waals surface area contributed by atoms with E-state index in [1.165, 1.54) is 41.5 Å². The van der Waals surface area contributed by atoms with E-state index in [4.69, 9.17) is 14.7 Å². The third-order valence-electron chi connectivity index (χ3n) is 1.75. The SMILES string of the molecule is [2H]C(C)(C)C([2H])([2H])[C@]([2H])(C)NC(C)=O.[2H]C([2H])(C(C)C)[C@@]([2H])(NC(C)=O)C(=O)O. The molecule has 0 saturated carbocycles. The molecule has 0 rings (SSSR count). The first-order chi connectivity index (χ1) is 12.5. The quantitative estimate of drug-likeness (QED) is 0.669. The predicted octanol–water partition coefficient (Wildman–Crippen LogP) is 2.18. The van der Waals surface area contributed by atoms with Crippen LogP contribution >= 0.6 is 0 Å². The number of aliphatic carboxylic acids is 1. The molecule has 0 aliphatic carbocycles. The molecule has 0 bridgehead atoms. The second-order valence-electron chi connectivity index (χ2n) is 5.09. The number of carboxylic acids is 1. The zero-order valence-corrected chi connectivity index (χ0v) is 14.2. The maximum absolute atomic E-state index is 10.9. The van der Waals surface area contributed by atoms with Gasteiger partial charge in [0.05, 0.1) is 2.74 Å². The van der Waals surface area contributed by atoms with Crippen LogP contribution in [-0.4, -0.2) is 34.9 Å². The van der Waals surface area contributed by atoms with Gasteiger partial charge in [0.25, 0.3) is 0 Å². The first-order valence-electron chi connectivity index (χ1n) is 10.3. The van der Waals surface area contributed by atoms with Crippen molar-refractivity contribution in [2.75, 3.05) is 0 Å². The number of rotatable bonds is 7. The van der Waals surface area contributed by atoms with Crippen molar-refractivity contribution in [1.82, 2.24) is 10.6 Å². The Hall–Kier alpha value is -1.59. The number of carbonyl (C=O) groups is 3. The van der Waals surface area contributed by atoms with Gasteiger partial charge in [0.15, 0.2) is 0 Å². The molecule has 0 saturated heterocycles. The van der Waals surface area contributed by atoms with Crippen LogP contribution in [0.2, 0.25) is 0 Å². The number of hydrogen-bond acceptors (Lipinski definition) is 3. The average molecular weight is 323 g/mol. The van der Waals surface area contributed by atoms with E-state index in [1.54, 1.807) is 0 Å². The first-order valence-corrected chi connectivity index (χ1v) is 6.78. The van der Waals surface area contributed by atoms with Gasteiger partial charge in [-0.05, 0) is 31.5 Å². The summed E-state index contributed by atoms with van der Waals surface area (Å²) in [6.07, 6.45) is -4.49. The average Bonchev–Trinajstić information content (AvgIpc) is 2.43. The van der Waals surface area contributed by atoms with Gasteiger partial charge in [0.1, 0.15) is 6.02 Å². The summed E-state index contributed by atoms with van der Waals surface area (Å²) >= 11 is 0. The Morgan fingerprint density at radius 1 is 1.00 bits per heavy atom. The second-order valence-corrected chi connectivity index (χ2v) is 5.09. The highest BCUT2D eigenvalue weighted by Crippen LogP contribution is 2.04. The third kappa shape index (κ3) is 16.5. The zero-order valence-electron chi connectivity index (χ0n) is 21.2. The Labute approximate surface area is 143 Å². The summed E-state index contributed by atoms with van der Waals surface area (Å²) in [6, 6.07) is -4.46. The van der Waals surface area contributed by atoms with E-state index in [9.17, 15) is 14.4 Å². The standard InChI is InChI=1S/C8H15NO3.C8H17NO/c1-5(2)4-7(8(11)12)9-6(3)10;1-6(2)5-7(3)9-8(4)10/h5,7H,4H2,1-3H3,(H,9,10)(H,11,12);6-7H,5H2,1-4H3,(H,9,10)/t2*7-/m10/s1/i4D2,7D;5D2,6D,7D. The van der Waals surface area contributed by atoms with Crippen molar-refractivity contribution in [2.45, 2.75) is 73.2 Å². The smallest absolute Gasteiger partial charge is 0.326 e. The van der Waals surface area contributed by atoms with Crippen molar-refractivity contribution in [3.05, 3.63) is 0 Å². The van der Waals surface area contributed by atoms with E-state index >= 15 is 0 Å². The number of carbonyl (C=O) groups excluding carboxylic acids is 2. The van der Waals surface area contributed by atoms with Crippen LogP contribution in [0.4, 0.5) is 0 Å². The molecule has 3 N–H and O–H groups in total. The second kappa shape index (κ2) is 12.0. The van der Waals surface area contributed by atoms with Crippen LogP contribution in [0, 0.1) is 11.8 Å². The molecule has 0 radical (unpaired) electrons. The van der Waals surface area contributed by atoms with E-state index in [0.29, 0.717) is 0 Å². The lowest BCUT2D eigenvalue weighted by Crippen LogP contribution is -2.40. The highest BCUT2D eigenvalue weighted by Gasteiger charge is 2.18. The predicted molar refractivity (Wildman–Crippen MR) is 87.4 cm³/mol. The lowest BCUT2D eigenvalue weighted by molar-refractivity contribution is -0.142. The number of carboxylic acid groups (broad SMARTS) is 1. The molecule has 6 nitrogen and oxygen atoms in total. The van der Waals surface area contributed by atoms with Crippen LogP contribution in [0.5, 0.6) is 0 Å². The molecule has 0 aromatic rings. The fraction of sp³-hybridized carbons (Fsp3) is 0.812. The first kappa shape index (κ1) is 11.9. The van der Waals surface area contributed by atoms with Crippen LogP contribution in [-0.2, 0) is 14.4 Å². The Balaban J connectivity index is 0.